The predicted octanol–water partition coefficient (Wildman–Crippen LogP) is -3.19. The van der Waals surface area contributed by atoms with Crippen LogP contribution in [-0.2, 0) is 9.59 Å². The van der Waals surface area contributed by atoms with Crippen molar-refractivity contribution in [2.24, 2.45) is 0 Å². The first-order chi connectivity index (χ1) is 6.27. The van der Waals surface area contributed by atoms with Gasteiger partial charge in [-0.05, 0) is 0 Å². The number of carboxylic acid groups (broad SMARTS) is 3. The van der Waals surface area contributed by atoms with Gasteiger partial charge in [0.1, 0.15) is 6.21 Å². The van der Waals surface area contributed by atoms with Crippen LogP contribution in [0.2, 0.25) is 0 Å². The van der Waals surface area contributed by atoms with Crippen LogP contribution in [0, 0.1) is 5.41 Å². The Hall–Kier alpha value is -1.12. The Morgan fingerprint density at radius 2 is 1.40 bits per heavy atom. The van der Waals surface area contributed by atoms with E-state index in [4.69, 9.17) is 30.3 Å². The first-order valence-electron chi connectivity index (χ1n) is 3.11. The van der Waals surface area contributed by atoms with Crippen LogP contribution in [0.5, 0.6) is 0 Å². The second-order valence-corrected chi connectivity index (χ2v) is 1.56. The van der Waals surface area contributed by atoms with E-state index >= 15 is 0 Å². The minimum Gasteiger partial charge on any atom is -1.00 e. The molecule has 0 saturated heterocycles. The first-order valence-corrected chi connectivity index (χ1v) is 3.11. The molecule has 0 aliphatic rings. The molecule has 0 aromatic rings. The summed E-state index contributed by atoms with van der Waals surface area (Å²) in [6.45, 7) is 1.08. The second kappa shape index (κ2) is 18.6. The molecule has 84 valence electrons. The number of amides is 1. The third-order valence-corrected chi connectivity index (χ3v) is 0.337. The van der Waals surface area contributed by atoms with Gasteiger partial charge in [0.05, 0.1) is 0 Å². The molecule has 0 bridgehead atoms. The molecule has 0 aromatic heterocycles. The molecule has 8 nitrogen and oxygen atoms in total. The first kappa shape index (κ1) is 23.6. The van der Waals surface area contributed by atoms with E-state index in [2.05, 4.69) is 0 Å². The molecule has 9 heteroatoms. The molecule has 0 aromatic carbocycles. The third-order valence-electron chi connectivity index (χ3n) is 0.337. The smallest absolute Gasteiger partial charge is 1.00 e. The van der Waals surface area contributed by atoms with E-state index in [1.807, 2.05) is 5.32 Å². The zero-order valence-electron chi connectivity index (χ0n) is 9.64. The molecule has 0 aliphatic heterocycles. The molecule has 15 heavy (non-hydrogen) atoms. The molecule has 1 amide bonds. The standard InChI is InChI=1S/C2H5NO2.C2H3NO2.C2H4O2.Na.H/c1-3-2(4)5;3-1-2(4)5;1-2(3)4;;/h3H,1H3,(H,4,5);1,3H,(H,4,5);1H3,(H,3,4);;/q;;;+1;-1. The summed E-state index contributed by atoms with van der Waals surface area (Å²) >= 11 is 0. The largest absolute Gasteiger partial charge is 1.00 e. The summed E-state index contributed by atoms with van der Waals surface area (Å²) in [5.74, 6) is -2.04. The summed E-state index contributed by atoms with van der Waals surface area (Å²) in [6, 6.07) is 0. The Bertz CT molecular complexity index is 209. The Morgan fingerprint density at radius 1 is 1.27 bits per heavy atom. The molecule has 0 atom stereocenters. The average molecular weight is 232 g/mol. The van der Waals surface area contributed by atoms with Gasteiger partial charge in [-0.1, -0.05) is 0 Å². The topological polar surface area (TPSA) is 148 Å². The van der Waals surface area contributed by atoms with Gasteiger partial charge in [0.2, 0.25) is 0 Å². The molecule has 0 rings (SSSR count). The van der Waals surface area contributed by atoms with Crippen LogP contribution in [0.3, 0.4) is 0 Å². The number of hydrogen-bond acceptors (Lipinski definition) is 4. The van der Waals surface area contributed by atoms with Crippen molar-refractivity contribution in [1.82, 2.24) is 5.32 Å². The van der Waals surface area contributed by atoms with E-state index in [0.29, 0.717) is 6.21 Å². The predicted molar refractivity (Wildman–Crippen MR) is 47.9 cm³/mol. The van der Waals surface area contributed by atoms with Gasteiger partial charge in [0.25, 0.3) is 5.97 Å². The van der Waals surface area contributed by atoms with E-state index in [9.17, 15) is 4.79 Å². The summed E-state index contributed by atoms with van der Waals surface area (Å²) in [6.07, 6.45) is -0.662. The van der Waals surface area contributed by atoms with Gasteiger partial charge in [-0.3, -0.25) is 4.79 Å². The number of hydrogen-bond donors (Lipinski definition) is 5. The average Bonchev–Trinajstić information content (AvgIpc) is 2.04. The molecule has 0 spiro atoms. The monoisotopic (exact) mass is 232 g/mol. The van der Waals surface area contributed by atoms with Crippen molar-refractivity contribution in [2.45, 2.75) is 6.92 Å². The van der Waals surface area contributed by atoms with Crippen LogP contribution in [0.25, 0.3) is 0 Å². The van der Waals surface area contributed by atoms with E-state index in [1.165, 1.54) is 7.05 Å². The van der Waals surface area contributed by atoms with E-state index < -0.39 is 18.0 Å². The Kier molecular flexibility index (Phi) is 29.3. The van der Waals surface area contributed by atoms with Crippen LogP contribution < -0.4 is 34.9 Å². The minimum atomic E-state index is -1.20. The summed E-state index contributed by atoms with van der Waals surface area (Å²) in [7, 11) is 1.35. The second-order valence-electron chi connectivity index (χ2n) is 1.56. The van der Waals surface area contributed by atoms with Crippen LogP contribution in [0.1, 0.15) is 8.35 Å². The maximum Gasteiger partial charge on any atom is 1.00 e. The maximum atomic E-state index is 9.26. The molecule has 0 heterocycles. The zero-order valence-corrected chi connectivity index (χ0v) is 10.6. The van der Waals surface area contributed by atoms with Crippen molar-refractivity contribution >= 4 is 24.2 Å². The van der Waals surface area contributed by atoms with Gasteiger partial charge >= 0.3 is 41.6 Å². The number of aliphatic carboxylic acids is 2. The van der Waals surface area contributed by atoms with Crippen LogP contribution >= 0.6 is 0 Å². The van der Waals surface area contributed by atoms with Crippen molar-refractivity contribution in [2.75, 3.05) is 7.05 Å². The van der Waals surface area contributed by atoms with Crippen LogP contribution in [-0.4, -0.2) is 46.6 Å². The summed E-state index contributed by atoms with van der Waals surface area (Å²) in [4.78, 5) is 27.4. The van der Waals surface area contributed by atoms with Crippen LogP contribution in [0.15, 0.2) is 0 Å². The van der Waals surface area contributed by atoms with Crippen molar-refractivity contribution in [3.63, 3.8) is 0 Å². The van der Waals surface area contributed by atoms with Crippen molar-refractivity contribution in [1.29, 1.82) is 5.41 Å². The number of carbonyl (C=O) groups is 3. The van der Waals surface area contributed by atoms with Gasteiger partial charge in [-0.2, -0.15) is 0 Å². The molecule has 0 fully saturated rings. The van der Waals surface area contributed by atoms with E-state index in [1.54, 1.807) is 0 Å². The van der Waals surface area contributed by atoms with Gasteiger partial charge in [-0.25, -0.2) is 9.59 Å². The zero-order chi connectivity index (χ0) is 12.1. The maximum absolute atomic E-state index is 9.26. The van der Waals surface area contributed by atoms with E-state index in [-0.39, 0.29) is 31.0 Å². The minimum absolute atomic E-state index is 0. The molecular weight excluding hydrogens is 219 g/mol. The number of nitrogens with one attached hydrogen (secondary N) is 2. The van der Waals surface area contributed by atoms with E-state index in [0.717, 1.165) is 6.92 Å². The van der Waals surface area contributed by atoms with Crippen molar-refractivity contribution in [3.05, 3.63) is 0 Å². The van der Waals surface area contributed by atoms with Crippen molar-refractivity contribution < 1.29 is 60.7 Å². The molecular formula is C6H13N2NaO6. The third kappa shape index (κ3) is 184. The molecule has 5 N–H and O–H groups in total. The molecule has 0 radical (unpaired) electrons. The summed E-state index contributed by atoms with van der Waals surface area (Å²) in [5.41, 5.74) is 0. The SMILES string of the molecule is CC(=O)O.CNC(=O)O.N=CC(=O)O.[H-].[Na+]. The fraction of sp³-hybridized carbons (Fsp3) is 0.333. The molecule has 0 aliphatic carbocycles. The normalized spacial score (nSPS) is 6.00. The van der Waals surface area contributed by atoms with Gasteiger partial charge in [-0.15, -0.1) is 0 Å². The fourth-order valence-corrected chi connectivity index (χ4v) is 0. The summed E-state index contributed by atoms with van der Waals surface area (Å²) in [5, 5.41) is 30.4. The van der Waals surface area contributed by atoms with Crippen molar-refractivity contribution in [3.8, 4) is 0 Å². The fourth-order valence-electron chi connectivity index (χ4n) is 0. The summed E-state index contributed by atoms with van der Waals surface area (Å²) < 4.78 is 0. The van der Waals surface area contributed by atoms with Gasteiger partial charge < -0.3 is 27.5 Å². The number of carboxylic acids is 2. The molecule has 0 saturated carbocycles. The Labute approximate surface area is 110 Å². The Balaban J connectivity index is -0.0000000358. The van der Waals surface area contributed by atoms with Gasteiger partial charge in [0, 0.05) is 14.0 Å². The molecule has 0 unspecified atom stereocenters. The quantitative estimate of drug-likeness (QED) is 0.237. The van der Waals surface area contributed by atoms with Gasteiger partial charge in [0.15, 0.2) is 0 Å². The Morgan fingerprint density at radius 3 is 1.40 bits per heavy atom. The number of rotatable bonds is 1. The van der Waals surface area contributed by atoms with Crippen LogP contribution in [0.4, 0.5) is 4.79 Å².